The number of methoxy groups -OCH3 is 1. The number of ether oxygens (including phenoxy) is 2. The van der Waals surface area contributed by atoms with E-state index in [1.165, 1.54) is 24.1 Å². The van der Waals surface area contributed by atoms with Crippen molar-refractivity contribution >= 4 is 56.6 Å². The lowest BCUT2D eigenvalue weighted by atomic mass is 10.1. The molecule has 1 saturated heterocycles. The van der Waals surface area contributed by atoms with Gasteiger partial charge in [-0.3, -0.25) is 13.8 Å². The molecular weight excluding hydrogens is 729 g/mol. The molecule has 0 bridgehead atoms. The highest BCUT2D eigenvalue weighted by molar-refractivity contribution is 14.1. The molecule has 12 nitrogen and oxygen atoms in total. The first-order valence-corrected chi connectivity index (χ1v) is 18.5. The number of likely N-dealkylation sites (tertiary alicyclic amines) is 1. The van der Waals surface area contributed by atoms with Crippen molar-refractivity contribution in [2.45, 2.75) is 111 Å². The standard InChI is InChI=1S/C32H44IN3O9S/c1-4-5-6-7-8-11-22-19-32(22,30(39)43-3)35-28(37)26-18-24(45-46(41,42)25-16-14-21(2)15-17-25)20-36(26)29(38)27(33)34-31(40)44-23-12-9-10-13-23/h8,11,14-17,22-24,26-27H,4-7,9-10,12-13,18-20H2,1-3H3,(H,34,40)(H,35,37)/b11-8-/t22?,24-,26-,27+,32+/m0/s1. The number of halogens is 1. The lowest BCUT2D eigenvalue weighted by molar-refractivity contribution is -0.148. The Labute approximate surface area is 284 Å². The molecule has 3 fully saturated rings. The number of benzene rings is 1. The maximum atomic E-state index is 13.8. The number of nitrogens with one attached hydrogen (secondary N) is 2. The van der Waals surface area contributed by atoms with Gasteiger partial charge in [0.15, 0.2) is 4.05 Å². The first kappa shape index (κ1) is 36.1. The second-order valence-corrected chi connectivity index (χ2v) is 15.1. The maximum Gasteiger partial charge on any atom is 0.408 e. The van der Waals surface area contributed by atoms with Gasteiger partial charge >= 0.3 is 12.1 Å². The summed E-state index contributed by atoms with van der Waals surface area (Å²) in [5, 5.41) is 5.35. The van der Waals surface area contributed by atoms with E-state index in [1.54, 1.807) is 34.7 Å². The topological polar surface area (TPSA) is 157 Å². The van der Waals surface area contributed by atoms with Gasteiger partial charge in [-0.25, -0.2) is 9.59 Å². The molecule has 0 spiro atoms. The maximum absolute atomic E-state index is 13.8. The van der Waals surface area contributed by atoms with Crippen LogP contribution in [-0.4, -0.2) is 78.7 Å². The Morgan fingerprint density at radius 3 is 2.46 bits per heavy atom. The molecule has 1 aliphatic heterocycles. The molecule has 0 radical (unpaired) electrons. The van der Waals surface area contributed by atoms with Gasteiger partial charge in [0.2, 0.25) is 5.91 Å². The summed E-state index contributed by atoms with van der Waals surface area (Å²) < 4.78 is 41.1. The number of esters is 1. The van der Waals surface area contributed by atoms with Crippen molar-refractivity contribution in [1.29, 1.82) is 0 Å². The average molecular weight is 774 g/mol. The molecule has 2 saturated carbocycles. The van der Waals surface area contributed by atoms with Crippen molar-refractivity contribution in [3.63, 3.8) is 0 Å². The molecule has 1 unspecified atom stereocenters. The van der Waals surface area contributed by atoms with Gasteiger partial charge in [0.1, 0.15) is 17.7 Å². The van der Waals surface area contributed by atoms with E-state index in [0.29, 0.717) is 6.42 Å². The molecule has 0 aromatic heterocycles. The molecule has 1 aromatic carbocycles. The van der Waals surface area contributed by atoms with Crippen LogP contribution in [0.15, 0.2) is 41.3 Å². The van der Waals surface area contributed by atoms with Crippen LogP contribution in [0.5, 0.6) is 0 Å². The number of hydrogen-bond donors (Lipinski definition) is 2. The minimum absolute atomic E-state index is 0.0526. The summed E-state index contributed by atoms with van der Waals surface area (Å²) in [7, 11) is -2.97. The monoisotopic (exact) mass is 773 g/mol. The van der Waals surface area contributed by atoms with Gasteiger partial charge in [-0.1, -0.05) is 49.6 Å². The van der Waals surface area contributed by atoms with Crippen LogP contribution in [0.2, 0.25) is 0 Å². The lowest BCUT2D eigenvalue weighted by Crippen LogP contribution is -2.55. The van der Waals surface area contributed by atoms with Crippen LogP contribution < -0.4 is 10.6 Å². The quantitative estimate of drug-likeness (QED) is 0.0536. The van der Waals surface area contributed by atoms with Crippen LogP contribution >= 0.6 is 22.6 Å². The molecule has 254 valence electrons. The van der Waals surface area contributed by atoms with Gasteiger partial charge in [-0.05, 0) is 86.6 Å². The van der Waals surface area contributed by atoms with Crippen molar-refractivity contribution in [2.75, 3.05) is 13.7 Å². The first-order valence-electron chi connectivity index (χ1n) is 15.9. The number of unbranched alkanes of at least 4 members (excludes halogenated alkanes) is 3. The summed E-state index contributed by atoms with van der Waals surface area (Å²) in [5.41, 5.74) is -0.420. The van der Waals surface area contributed by atoms with Gasteiger partial charge in [0.05, 0.1) is 18.1 Å². The third kappa shape index (κ3) is 9.00. The summed E-state index contributed by atoms with van der Waals surface area (Å²) in [6.07, 6.45) is 9.57. The highest BCUT2D eigenvalue weighted by Gasteiger charge is 2.62. The largest absolute Gasteiger partial charge is 0.467 e. The van der Waals surface area contributed by atoms with Crippen LogP contribution in [-0.2, 0) is 38.2 Å². The second kappa shape index (κ2) is 15.9. The third-order valence-electron chi connectivity index (χ3n) is 8.71. The Bertz CT molecular complexity index is 1400. The summed E-state index contributed by atoms with van der Waals surface area (Å²) >= 11 is 1.75. The predicted octanol–water partition coefficient (Wildman–Crippen LogP) is 4.28. The highest BCUT2D eigenvalue weighted by atomic mass is 127. The fourth-order valence-corrected chi connectivity index (χ4v) is 7.70. The van der Waals surface area contributed by atoms with Crippen LogP contribution in [0.1, 0.15) is 76.7 Å². The van der Waals surface area contributed by atoms with Crippen molar-refractivity contribution < 1.29 is 41.3 Å². The summed E-state index contributed by atoms with van der Waals surface area (Å²) in [4.78, 5) is 54.1. The first-order chi connectivity index (χ1) is 21.9. The molecular formula is C32H44IN3O9S. The van der Waals surface area contributed by atoms with E-state index in [9.17, 15) is 27.6 Å². The van der Waals surface area contributed by atoms with Crippen molar-refractivity contribution in [3.8, 4) is 0 Å². The zero-order chi connectivity index (χ0) is 33.5. The molecule has 5 atom stereocenters. The fourth-order valence-electron chi connectivity index (χ4n) is 6.01. The summed E-state index contributed by atoms with van der Waals surface area (Å²) in [6, 6.07) is 4.97. The molecule has 1 heterocycles. The molecule has 4 rings (SSSR count). The van der Waals surface area contributed by atoms with Gasteiger partial charge in [-0.15, -0.1) is 0 Å². The smallest absolute Gasteiger partial charge is 0.408 e. The number of allylic oxidation sites excluding steroid dienone is 1. The normalized spacial score (nSPS) is 25.3. The number of rotatable bonds is 14. The average Bonchev–Trinajstić information content (AvgIpc) is 3.31. The summed E-state index contributed by atoms with van der Waals surface area (Å²) in [6.45, 7) is 3.71. The number of carbonyl (C=O) groups excluding carboxylic acids is 4. The van der Waals surface area contributed by atoms with Crippen molar-refractivity contribution in [1.82, 2.24) is 15.5 Å². The lowest BCUT2D eigenvalue weighted by Gasteiger charge is -2.28. The Morgan fingerprint density at radius 2 is 1.80 bits per heavy atom. The highest BCUT2D eigenvalue weighted by Crippen LogP contribution is 2.46. The molecule has 14 heteroatoms. The molecule has 2 N–H and O–H groups in total. The Kier molecular flexibility index (Phi) is 12.5. The number of nitrogens with zero attached hydrogens (tertiary/aromatic N) is 1. The van der Waals surface area contributed by atoms with Crippen LogP contribution in [0, 0.1) is 12.8 Å². The van der Waals surface area contributed by atoms with E-state index >= 15 is 0 Å². The number of alkyl carbamates (subject to hydrolysis) is 1. The minimum atomic E-state index is -4.22. The van der Waals surface area contributed by atoms with Crippen LogP contribution in [0.25, 0.3) is 0 Å². The van der Waals surface area contributed by atoms with Crippen molar-refractivity contribution in [3.05, 3.63) is 42.0 Å². The van der Waals surface area contributed by atoms with E-state index in [4.69, 9.17) is 13.7 Å². The van der Waals surface area contributed by atoms with E-state index in [-0.39, 0.29) is 29.9 Å². The minimum Gasteiger partial charge on any atom is -0.467 e. The SMILES string of the molecule is CCCCC/C=C\C1C[C@]1(NC(=O)[C@@H]1C[C@H](OS(=O)(=O)c2ccc(C)cc2)CN1C(=O)[C@H](I)NC(=O)OC1CCCC1)C(=O)OC. The van der Waals surface area contributed by atoms with E-state index in [0.717, 1.165) is 56.9 Å². The Morgan fingerprint density at radius 1 is 1.11 bits per heavy atom. The number of aryl methyl sites for hydroxylation is 1. The van der Waals surface area contributed by atoms with E-state index < -0.39 is 55.7 Å². The Balaban J connectivity index is 1.50. The molecule has 2 aliphatic carbocycles. The zero-order valence-electron chi connectivity index (χ0n) is 26.5. The van der Waals surface area contributed by atoms with E-state index in [2.05, 4.69) is 17.6 Å². The van der Waals surface area contributed by atoms with Crippen LogP contribution in [0.3, 0.4) is 0 Å². The number of alkyl halides is 1. The summed E-state index contributed by atoms with van der Waals surface area (Å²) in [5.74, 6) is -2.15. The molecule has 46 heavy (non-hydrogen) atoms. The Hall–Kier alpha value is -2.72. The van der Waals surface area contributed by atoms with Gasteiger partial charge in [-0.2, -0.15) is 8.42 Å². The fraction of sp³-hybridized carbons (Fsp3) is 0.625. The third-order valence-corrected chi connectivity index (χ3v) is 10.9. The number of hydrogen-bond acceptors (Lipinski definition) is 9. The van der Waals surface area contributed by atoms with Gasteiger partial charge < -0.3 is 25.0 Å². The second-order valence-electron chi connectivity index (χ2n) is 12.2. The predicted molar refractivity (Wildman–Crippen MR) is 177 cm³/mol. The van der Waals surface area contributed by atoms with E-state index in [1.807, 2.05) is 19.1 Å². The molecule has 3 aliphatic rings. The number of amides is 3. The molecule has 1 aromatic rings. The van der Waals surface area contributed by atoms with Crippen molar-refractivity contribution in [2.24, 2.45) is 5.92 Å². The number of carbonyl (C=O) groups is 4. The molecule has 3 amide bonds. The van der Waals surface area contributed by atoms with Gasteiger partial charge in [0.25, 0.3) is 16.0 Å². The zero-order valence-corrected chi connectivity index (χ0v) is 29.5. The van der Waals surface area contributed by atoms with Gasteiger partial charge in [0, 0.05) is 18.9 Å². The van der Waals surface area contributed by atoms with Crippen LogP contribution in [0.4, 0.5) is 4.79 Å².